The van der Waals surface area contributed by atoms with E-state index in [4.69, 9.17) is 9.47 Å². The van der Waals surface area contributed by atoms with E-state index in [9.17, 15) is 0 Å². The molecule has 2 aromatic rings. The van der Waals surface area contributed by atoms with Crippen molar-refractivity contribution in [2.75, 3.05) is 13.4 Å². The van der Waals surface area contributed by atoms with Gasteiger partial charge in [0.1, 0.15) is 5.75 Å². The molecule has 0 radical (unpaired) electrons. The van der Waals surface area contributed by atoms with E-state index in [1.54, 1.807) is 0 Å². The van der Waals surface area contributed by atoms with Gasteiger partial charge in [-0.1, -0.05) is 56.3 Å². The molecular weight excluding hydrogens is 248 g/mol. The van der Waals surface area contributed by atoms with Crippen LogP contribution in [0.1, 0.15) is 31.9 Å². The Hall–Kier alpha value is -1.80. The second-order valence-corrected chi connectivity index (χ2v) is 5.27. The molecule has 0 amide bonds. The predicted molar refractivity (Wildman–Crippen MR) is 82.1 cm³/mol. The molecule has 0 fully saturated rings. The number of ether oxygens (including phenoxy) is 2. The molecule has 0 aliphatic carbocycles. The van der Waals surface area contributed by atoms with E-state index < -0.39 is 0 Å². The first kappa shape index (κ1) is 14.6. The van der Waals surface area contributed by atoms with Gasteiger partial charge in [0, 0.05) is 12.0 Å². The van der Waals surface area contributed by atoms with E-state index in [-0.39, 0.29) is 5.41 Å². The predicted octanol–water partition coefficient (Wildman–Crippen LogP) is 4.39. The summed E-state index contributed by atoms with van der Waals surface area (Å²) in [7, 11) is 0. The molecule has 0 bridgehead atoms. The van der Waals surface area contributed by atoms with Crippen LogP contribution in [0.15, 0.2) is 54.6 Å². The van der Waals surface area contributed by atoms with Crippen molar-refractivity contribution in [3.8, 4) is 5.75 Å². The van der Waals surface area contributed by atoms with Crippen LogP contribution in [0.5, 0.6) is 5.75 Å². The van der Waals surface area contributed by atoms with Crippen molar-refractivity contribution in [3.63, 3.8) is 0 Å². The molecule has 0 aromatic heterocycles. The zero-order valence-corrected chi connectivity index (χ0v) is 12.4. The lowest BCUT2D eigenvalue weighted by molar-refractivity contribution is 0.0224. The van der Waals surface area contributed by atoms with Gasteiger partial charge in [0.2, 0.25) is 0 Å². The van der Waals surface area contributed by atoms with Crippen molar-refractivity contribution >= 4 is 0 Å². The van der Waals surface area contributed by atoms with Gasteiger partial charge in [-0.05, 0) is 30.2 Å². The third-order valence-electron chi connectivity index (χ3n) is 3.58. The van der Waals surface area contributed by atoms with Gasteiger partial charge in [-0.3, -0.25) is 0 Å². The molecule has 0 aliphatic rings. The molecule has 0 unspecified atom stereocenters. The summed E-state index contributed by atoms with van der Waals surface area (Å²) < 4.78 is 10.7. The summed E-state index contributed by atoms with van der Waals surface area (Å²) in [6.07, 6.45) is 0. The minimum atomic E-state index is -0.0142. The highest BCUT2D eigenvalue weighted by Gasteiger charge is 2.22. The maximum absolute atomic E-state index is 5.50. The first-order chi connectivity index (χ1) is 9.64. The highest BCUT2D eigenvalue weighted by atomic mass is 16.7. The molecule has 20 heavy (non-hydrogen) atoms. The summed E-state index contributed by atoms with van der Waals surface area (Å²) in [5.74, 6) is 0.839. The largest absolute Gasteiger partial charge is 0.468 e. The lowest BCUT2D eigenvalue weighted by atomic mass is 9.78. The Morgan fingerprint density at radius 2 is 1.45 bits per heavy atom. The topological polar surface area (TPSA) is 18.5 Å². The van der Waals surface area contributed by atoms with E-state index >= 15 is 0 Å². The van der Waals surface area contributed by atoms with Crippen LogP contribution in [-0.4, -0.2) is 13.4 Å². The molecule has 0 spiro atoms. The average molecular weight is 270 g/mol. The number of rotatable bonds is 6. The van der Waals surface area contributed by atoms with Crippen LogP contribution in [0, 0.1) is 0 Å². The summed E-state index contributed by atoms with van der Waals surface area (Å²) >= 11 is 0. The standard InChI is InChI=1S/C18H22O2/c1-4-19-14-20-17-12-10-16(11-13-17)18(2,3)15-8-6-5-7-9-15/h5-13H,4,14H2,1-3H3. The molecule has 0 N–H and O–H groups in total. The molecule has 106 valence electrons. The maximum Gasteiger partial charge on any atom is 0.189 e. The SMILES string of the molecule is CCOCOc1ccc(C(C)(C)c2ccccc2)cc1. The highest BCUT2D eigenvalue weighted by molar-refractivity contribution is 5.39. The molecule has 0 heterocycles. The molecule has 2 aromatic carbocycles. The minimum Gasteiger partial charge on any atom is -0.468 e. The van der Waals surface area contributed by atoms with E-state index in [0.29, 0.717) is 13.4 Å². The normalized spacial score (nSPS) is 11.3. The first-order valence-corrected chi connectivity index (χ1v) is 7.01. The fraction of sp³-hybridized carbons (Fsp3) is 0.333. The van der Waals surface area contributed by atoms with Gasteiger partial charge >= 0.3 is 0 Å². The van der Waals surface area contributed by atoms with Gasteiger partial charge in [-0.15, -0.1) is 0 Å². The van der Waals surface area contributed by atoms with Crippen LogP contribution in [0.25, 0.3) is 0 Å². The van der Waals surface area contributed by atoms with E-state index in [2.05, 4.69) is 50.2 Å². The zero-order valence-electron chi connectivity index (χ0n) is 12.4. The lowest BCUT2D eigenvalue weighted by Gasteiger charge is -2.26. The highest BCUT2D eigenvalue weighted by Crippen LogP contribution is 2.32. The summed E-state index contributed by atoms with van der Waals surface area (Å²) in [5.41, 5.74) is 2.56. The van der Waals surface area contributed by atoms with Gasteiger partial charge in [0.05, 0.1) is 0 Å². The Balaban J connectivity index is 2.13. The van der Waals surface area contributed by atoms with Crippen LogP contribution in [0.4, 0.5) is 0 Å². The van der Waals surface area contributed by atoms with Crippen molar-refractivity contribution in [2.45, 2.75) is 26.2 Å². The van der Waals surface area contributed by atoms with Gasteiger partial charge in [-0.2, -0.15) is 0 Å². The average Bonchev–Trinajstić information content (AvgIpc) is 2.49. The Bertz CT molecular complexity index is 515. The van der Waals surface area contributed by atoms with Crippen molar-refractivity contribution in [1.82, 2.24) is 0 Å². The van der Waals surface area contributed by atoms with E-state index in [0.717, 1.165) is 5.75 Å². The van der Waals surface area contributed by atoms with Crippen LogP contribution >= 0.6 is 0 Å². The number of hydrogen-bond acceptors (Lipinski definition) is 2. The van der Waals surface area contributed by atoms with Crippen LogP contribution in [0.2, 0.25) is 0 Å². The first-order valence-electron chi connectivity index (χ1n) is 7.01. The lowest BCUT2D eigenvalue weighted by Crippen LogP contribution is -2.18. The Morgan fingerprint density at radius 3 is 2.05 bits per heavy atom. The smallest absolute Gasteiger partial charge is 0.189 e. The summed E-state index contributed by atoms with van der Waals surface area (Å²) in [4.78, 5) is 0. The van der Waals surface area contributed by atoms with Crippen molar-refractivity contribution in [1.29, 1.82) is 0 Å². The van der Waals surface area contributed by atoms with Gasteiger partial charge in [-0.25, -0.2) is 0 Å². The van der Waals surface area contributed by atoms with Gasteiger partial charge in [0.25, 0.3) is 0 Å². The Kier molecular flexibility index (Phi) is 4.80. The summed E-state index contributed by atoms with van der Waals surface area (Å²) in [5, 5.41) is 0. The van der Waals surface area contributed by atoms with Gasteiger partial charge < -0.3 is 9.47 Å². The fourth-order valence-corrected chi connectivity index (χ4v) is 2.18. The molecule has 0 saturated carbocycles. The molecule has 2 heteroatoms. The monoisotopic (exact) mass is 270 g/mol. The van der Waals surface area contributed by atoms with Crippen LogP contribution in [-0.2, 0) is 10.2 Å². The molecule has 0 aliphatic heterocycles. The van der Waals surface area contributed by atoms with E-state index in [1.807, 2.05) is 25.1 Å². The maximum atomic E-state index is 5.50. The Labute approximate surface area is 121 Å². The molecule has 0 saturated heterocycles. The second kappa shape index (κ2) is 6.58. The summed E-state index contributed by atoms with van der Waals surface area (Å²) in [6.45, 7) is 7.39. The number of hydrogen-bond donors (Lipinski definition) is 0. The third kappa shape index (κ3) is 3.40. The van der Waals surface area contributed by atoms with Crippen molar-refractivity contribution in [2.24, 2.45) is 0 Å². The van der Waals surface area contributed by atoms with Crippen molar-refractivity contribution in [3.05, 3.63) is 65.7 Å². The fourth-order valence-electron chi connectivity index (χ4n) is 2.18. The molecule has 2 rings (SSSR count). The Morgan fingerprint density at radius 1 is 0.850 bits per heavy atom. The van der Waals surface area contributed by atoms with Crippen molar-refractivity contribution < 1.29 is 9.47 Å². The molecule has 2 nitrogen and oxygen atoms in total. The quantitative estimate of drug-likeness (QED) is 0.572. The van der Waals surface area contributed by atoms with Gasteiger partial charge in [0.15, 0.2) is 6.79 Å². The molecular formula is C18H22O2. The third-order valence-corrected chi connectivity index (χ3v) is 3.58. The zero-order chi connectivity index (χ0) is 14.4. The second-order valence-electron chi connectivity index (χ2n) is 5.27. The summed E-state index contributed by atoms with van der Waals surface area (Å²) in [6, 6.07) is 18.8. The van der Waals surface area contributed by atoms with E-state index in [1.165, 1.54) is 11.1 Å². The van der Waals surface area contributed by atoms with Crippen LogP contribution in [0.3, 0.4) is 0 Å². The van der Waals surface area contributed by atoms with Crippen LogP contribution < -0.4 is 4.74 Å². The molecule has 0 atom stereocenters. The minimum absolute atomic E-state index is 0.0142. The number of benzene rings is 2.